The molecule has 2 atom stereocenters. The molecule has 3 saturated heterocycles. The highest BCUT2D eigenvalue weighted by atomic mass is 16.5. The Hall–Kier alpha value is -0.610. The summed E-state index contributed by atoms with van der Waals surface area (Å²) in [5.74, 6) is 0.247. The summed E-state index contributed by atoms with van der Waals surface area (Å²) >= 11 is 0. The van der Waals surface area contributed by atoms with Crippen LogP contribution < -0.4 is 5.32 Å². The summed E-state index contributed by atoms with van der Waals surface area (Å²) in [4.78, 5) is 14.5. The van der Waals surface area contributed by atoms with Crippen LogP contribution in [0.2, 0.25) is 0 Å². The average Bonchev–Trinajstić information content (AvgIpc) is 2.93. The first-order valence-corrected chi connectivity index (χ1v) is 7.40. The molecule has 3 aliphatic heterocycles. The van der Waals surface area contributed by atoms with Crippen LogP contribution in [0, 0.1) is 5.41 Å². The van der Waals surface area contributed by atoms with Crippen molar-refractivity contribution in [3.8, 4) is 0 Å². The van der Waals surface area contributed by atoms with Gasteiger partial charge in [-0.1, -0.05) is 0 Å². The third-order valence-electron chi connectivity index (χ3n) is 4.74. The molecule has 0 aromatic carbocycles. The Bertz CT molecular complexity index is 301. The molecule has 0 radical (unpaired) electrons. The lowest BCUT2D eigenvalue weighted by atomic mass is 9.74. The molecule has 102 valence electrons. The van der Waals surface area contributed by atoms with Crippen molar-refractivity contribution >= 4 is 5.91 Å². The molecule has 4 nitrogen and oxygen atoms in total. The molecule has 3 rings (SSSR count). The van der Waals surface area contributed by atoms with Gasteiger partial charge in [-0.15, -0.1) is 0 Å². The van der Waals surface area contributed by atoms with Crippen molar-refractivity contribution in [2.75, 3.05) is 32.8 Å². The van der Waals surface area contributed by atoms with E-state index in [1.807, 2.05) is 0 Å². The van der Waals surface area contributed by atoms with Gasteiger partial charge in [0.05, 0.1) is 0 Å². The van der Waals surface area contributed by atoms with E-state index in [0.29, 0.717) is 5.41 Å². The Labute approximate surface area is 109 Å². The van der Waals surface area contributed by atoms with Gasteiger partial charge in [0.15, 0.2) is 0 Å². The van der Waals surface area contributed by atoms with Crippen molar-refractivity contribution in [1.29, 1.82) is 0 Å². The Morgan fingerprint density at radius 1 is 1.28 bits per heavy atom. The molecule has 0 bridgehead atoms. The Balaban J connectivity index is 1.64. The van der Waals surface area contributed by atoms with E-state index in [2.05, 4.69) is 10.2 Å². The highest BCUT2D eigenvalue weighted by molar-refractivity contribution is 5.81. The van der Waals surface area contributed by atoms with Gasteiger partial charge in [0.1, 0.15) is 6.10 Å². The van der Waals surface area contributed by atoms with E-state index in [0.717, 1.165) is 52.0 Å². The molecule has 1 N–H and O–H groups in total. The molecule has 0 aliphatic carbocycles. The van der Waals surface area contributed by atoms with Crippen LogP contribution in [0.4, 0.5) is 0 Å². The SMILES string of the molecule is O=C([C@@H]1CCCO1)N1CCC[C@@]2(CCCNC2)C1. The summed E-state index contributed by atoms with van der Waals surface area (Å²) in [6.07, 6.45) is 6.77. The van der Waals surface area contributed by atoms with E-state index in [-0.39, 0.29) is 12.0 Å². The molecule has 3 heterocycles. The van der Waals surface area contributed by atoms with Crippen molar-refractivity contribution in [1.82, 2.24) is 10.2 Å². The summed E-state index contributed by atoms with van der Waals surface area (Å²) in [6.45, 7) is 4.86. The number of amides is 1. The van der Waals surface area contributed by atoms with Crippen LogP contribution in [0.3, 0.4) is 0 Å². The van der Waals surface area contributed by atoms with Crippen LogP contribution in [0.1, 0.15) is 38.5 Å². The summed E-state index contributed by atoms with van der Waals surface area (Å²) in [7, 11) is 0. The Morgan fingerprint density at radius 2 is 2.17 bits per heavy atom. The van der Waals surface area contributed by atoms with Gasteiger partial charge in [-0.2, -0.15) is 0 Å². The Morgan fingerprint density at radius 3 is 2.89 bits per heavy atom. The molecule has 18 heavy (non-hydrogen) atoms. The quantitative estimate of drug-likeness (QED) is 0.761. The fraction of sp³-hybridized carbons (Fsp3) is 0.929. The van der Waals surface area contributed by atoms with E-state index >= 15 is 0 Å². The van der Waals surface area contributed by atoms with Gasteiger partial charge in [-0.25, -0.2) is 0 Å². The molecule has 4 heteroatoms. The second kappa shape index (κ2) is 5.17. The van der Waals surface area contributed by atoms with Crippen LogP contribution in [0.15, 0.2) is 0 Å². The number of carbonyl (C=O) groups excluding carboxylic acids is 1. The zero-order valence-electron chi connectivity index (χ0n) is 11.1. The van der Waals surface area contributed by atoms with E-state index in [4.69, 9.17) is 4.74 Å². The molecule has 1 spiro atoms. The average molecular weight is 252 g/mol. The molecule has 0 aromatic rings. The van der Waals surface area contributed by atoms with Crippen LogP contribution in [-0.4, -0.2) is 49.7 Å². The molecule has 3 fully saturated rings. The van der Waals surface area contributed by atoms with Gasteiger partial charge in [0, 0.05) is 31.7 Å². The molecule has 0 aromatic heterocycles. The minimum Gasteiger partial charge on any atom is -0.368 e. The van der Waals surface area contributed by atoms with Gasteiger partial charge < -0.3 is 15.0 Å². The smallest absolute Gasteiger partial charge is 0.251 e. The first kappa shape index (κ1) is 12.4. The maximum Gasteiger partial charge on any atom is 0.251 e. The number of nitrogens with zero attached hydrogens (tertiary/aromatic N) is 1. The molecule has 0 saturated carbocycles. The first-order valence-electron chi connectivity index (χ1n) is 7.40. The molecule has 0 unspecified atom stereocenters. The largest absolute Gasteiger partial charge is 0.368 e. The third kappa shape index (κ3) is 2.41. The van der Waals surface area contributed by atoms with Crippen LogP contribution in [0.25, 0.3) is 0 Å². The monoisotopic (exact) mass is 252 g/mol. The molecule has 1 amide bonds. The number of ether oxygens (including phenoxy) is 1. The van der Waals surface area contributed by atoms with E-state index < -0.39 is 0 Å². The topological polar surface area (TPSA) is 41.6 Å². The van der Waals surface area contributed by atoms with Gasteiger partial charge in [0.2, 0.25) is 0 Å². The van der Waals surface area contributed by atoms with Crippen molar-refractivity contribution in [3.63, 3.8) is 0 Å². The second-order valence-corrected chi connectivity index (χ2v) is 6.15. The zero-order valence-corrected chi connectivity index (χ0v) is 11.1. The lowest BCUT2D eigenvalue weighted by Crippen LogP contribution is -2.54. The summed E-state index contributed by atoms with van der Waals surface area (Å²) in [6, 6.07) is 0. The molecular formula is C14H24N2O2. The predicted molar refractivity (Wildman–Crippen MR) is 69.3 cm³/mol. The lowest BCUT2D eigenvalue weighted by molar-refractivity contribution is -0.144. The number of piperidine rings is 2. The van der Waals surface area contributed by atoms with Crippen LogP contribution >= 0.6 is 0 Å². The van der Waals surface area contributed by atoms with Crippen molar-refractivity contribution in [2.24, 2.45) is 5.41 Å². The zero-order chi connectivity index (χ0) is 12.4. The lowest BCUT2D eigenvalue weighted by Gasteiger charge is -2.45. The maximum atomic E-state index is 12.4. The third-order valence-corrected chi connectivity index (χ3v) is 4.74. The first-order chi connectivity index (χ1) is 8.79. The molecule has 3 aliphatic rings. The predicted octanol–water partition coefficient (Wildman–Crippen LogP) is 1.16. The molecular weight excluding hydrogens is 228 g/mol. The second-order valence-electron chi connectivity index (χ2n) is 6.15. The fourth-order valence-corrected chi connectivity index (χ4v) is 3.75. The van der Waals surface area contributed by atoms with Gasteiger partial charge in [-0.3, -0.25) is 4.79 Å². The van der Waals surface area contributed by atoms with Crippen LogP contribution in [0.5, 0.6) is 0 Å². The highest BCUT2D eigenvalue weighted by Crippen LogP contribution is 2.36. The van der Waals surface area contributed by atoms with E-state index in [1.54, 1.807) is 0 Å². The standard InChI is InChI=1S/C14H24N2O2/c17-13(12-4-1-9-18-12)16-8-3-6-14(11-16)5-2-7-15-10-14/h12,15H,1-11H2/t12-,14+/m0/s1. The number of carbonyl (C=O) groups is 1. The summed E-state index contributed by atoms with van der Waals surface area (Å²) < 4.78 is 5.54. The van der Waals surface area contributed by atoms with Crippen molar-refractivity contribution in [3.05, 3.63) is 0 Å². The normalized spacial score (nSPS) is 37.1. The minimum absolute atomic E-state index is 0.142. The van der Waals surface area contributed by atoms with E-state index in [1.165, 1.54) is 19.3 Å². The number of hydrogen-bond donors (Lipinski definition) is 1. The maximum absolute atomic E-state index is 12.4. The van der Waals surface area contributed by atoms with E-state index in [9.17, 15) is 4.79 Å². The number of likely N-dealkylation sites (tertiary alicyclic amines) is 1. The fourth-order valence-electron chi connectivity index (χ4n) is 3.75. The number of rotatable bonds is 1. The Kier molecular flexibility index (Phi) is 3.57. The van der Waals surface area contributed by atoms with Gasteiger partial charge in [0.25, 0.3) is 5.91 Å². The van der Waals surface area contributed by atoms with Gasteiger partial charge >= 0.3 is 0 Å². The van der Waals surface area contributed by atoms with Crippen LogP contribution in [-0.2, 0) is 9.53 Å². The number of nitrogens with one attached hydrogen (secondary N) is 1. The summed E-state index contributed by atoms with van der Waals surface area (Å²) in [5.41, 5.74) is 0.352. The van der Waals surface area contributed by atoms with Crippen molar-refractivity contribution < 1.29 is 9.53 Å². The highest BCUT2D eigenvalue weighted by Gasteiger charge is 2.40. The summed E-state index contributed by atoms with van der Waals surface area (Å²) in [5, 5.41) is 3.51. The van der Waals surface area contributed by atoms with Gasteiger partial charge in [-0.05, 0) is 45.1 Å². The minimum atomic E-state index is -0.142. The van der Waals surface area contributed by atoms with Crippen molar-refractivity contribution in [2.45, 2.75) is 44.6 Å². The number of hydrogen-bond acceptors (Lipinski definition) is 3.